The molecule has 5 nitrogen and oxygen atoms in total. The summed E-state index contributed by atoms with van der Waals surface area (Å²) in [5, 5.41) is 10.1. The van der Waals surface area contributed by atoms with Crippen molar-refractivity contribution in [1.82, 2.24) is 14.9 Å². The van der Waals surface area contributed by atoms with Gasteiger partial charge in [-0.2, -0.15) is 0 Å². The van der Waals surface area contributed by atoms with Gasteiger partial charge in [0.15, 0.2) is 0 Å². The van der Waals surface area contributed by atoms with Crippen molar-refractivity contribution in [3.05, 3.63) is 58.9 Å². The summed E-state index contributed by atoms with van der Waals surface area (Å²) >= 11 is 5.96. The van der Waals surface area contributed by atoms with E-state index in [2.05, 4.69) is 9.97 Å². The van der Waals surface area contributed by atoms with E-state index in [0.29, 0.717) is 12.0 Å². The van der Waals surface area contributed by atoms with Crippen LogP contribution in [0.2, 0.25) is 5.02 Å². The number of rotatable bonds is 2. The fraction of sp³-hybridized carbons (Fsp3) is 0.267. The number of aliphatic hydroxyl groups is 1. The number of hydrogen-bond acceptors (Lipinski definition) is 4. The van der Waals surface area contributed by atoms with E-state index in [1.165, 1.54) is 29.6 Å². The number of amides is 1. The van der Waals surface area contributed by atoms with Crippen LogP contribution in [-0.2, 0) is 0 Å². The molecule has 114 valence electrons. The van der Waals surface area contributed by atoms with Crippen molar-refractivity contribution >= 4 is 17.5 Å². The van der Waals surface area contributed by atoms with Crippen LogP contribution in [0.5, 0.6) is 0 Å². The van der Waals surface area contributed by atoms with Gasteiger partial charge in [0.2, 0.25) is 0 Å². The molecule has 2 heterocycles. The van der Waals surface area contributed by atoms with Gasteiger partial charge in [0.05, 0.1) is 17.2 Å². The maximum atomic E-state index is 13.4. The van der Waals surface area contributed by atoms with Gasteiger partial charge < -0.3 is 10.0 Å². The number of aliphatic hydroxyl groups excluding tert-OH is 1. The highest BCUT2D eigenvalue weighted by Gasteiger charge is 2.37. The average Bonchev–Trinajstić information content (AvgIpc) is 2.89. The molecule has 0 aliphatic carbocycles. The van der Waals surface area contributed by atoms with Crippen LogP contribution in [0.25, 0.3) is 0 Å². The average molecular weight is 322 g/mol. The molecule has 1 aliphatic rings. The standard InChI is InChI=1S/C15H13ClFN3O2/c16-12-6-18-8-19-14(12)15(22)20-7-11(21)5-13(20)9-2-1-3-10(17)4-9/h1-4,6,8,11,13,21H,5,7H2. The Kier molecular flexibility index (Phi) is 4.04. The molecular weight excluding hydrogens is 309 g/mol. The lowest BCUT2D eigenvalue weighted by atomic mass is 10.0. The third-order valence-electron chi connectivity index (χ3n) is 3.64. The minimum absolute atomic E-state index is 0.0761. The molecule has 1 aromatic carbocycles. The summed E-state index contributed by atoms with van der Waals surface area (Å²) in [6.07, 6.45) is 2.25. The molecule has 1 amide bonds. The summed E-state index contributed by atoms with van der Waals surface area (Å²) in [4.78, 5) is 21.7. The van der Waals surface area contributed by atoms with Crippen LogP contribution in [0.4, 0.5) is 4.39 Å². The molecule has 2 aromatic rings. The molecule has 1 N–H and O–H groups in total. The number of likely N-dealkylation sites (tertiary alicyclic amines) is 1. The summed E-state index contributed by atoms with van der Waals surface area (Å²) in [6.45, 7) is 0.153. The van der Waals surface area contributed by atoms with Crippen LogP contribution in [0.3, 0.4) is 0 Å². The van der Waals surface area contributed by atoms with E-state index in [0.717, 1.165) is 0 Å². The Balaban J connectivity index is 1.94. The lowest BCUT2D eigenvalue weighted by molar-refractivity contribution is 0.0709. The van der Waals surface area contributed by atoms with E-state index >= 15 is 0 Å². The Hall–Kier alpha value is -2.05. The normalized spacial score (nSPS) is 21.1. The van der Waals surface area contributed by atoms with Crippen molar-refractivity contribution in [2.45, 2.75) is 18.6 Å². The topological polar surface area (TPSA) is 66.3 Å². The third kappa shape index (κ3) is 2.80. The zero-order chi connectivity index (χ0) is 15.7. The highest BCUT2D eigenvalue weighted by atomic mass is 35.5. The van der Waals surface area contributed by atoms with Crippen LogP contribution >= 0.6 is 11.6 Å². The van der Waals surface area contributed by atoms with Gasteiger partial charge in [0.25, 0.3) is 5.91 Å². The van der Waals surface area contributed by atoms with Crippen molar-refractivity contribution in [1.29, 1.82) is 0 Å². The maximum absolute atomic E-state index is 13.4. The van der Waals surface area contributed by atoms with Gasteiger partial charge in [-0.3, -0.25) is 4.79 Å². The first kappa shape index (κ1) is 14.9. The van der Waals surface area contributed by atoms with E-state index in [9.17, 15) is 14.3 Å². The van der Waals surface area contributed by atoms with E-state index < -0.39 is 18.1 Å². The van der Waals surface area contributed by atoms with Crippen LogP contribution in [-0.4, -0.2) is 38.5 Å². The predicted octanol–water partition coefficient (Wildman–Crippen LogP) is 2.22. The van der Waals surface area contributed by atoms with Crippen molar-refractivity contribution < 1.29 is 14.3 Å². The van der Waals surface area contributed by atoms with Crippen molar-refractivity contribution in [3.8, 4) is 0 Å². The molecule has 0 spiro atoms. The molecule has 2 unspecified atom stereocenters. The van der Waals surface area contributed by atoms with E-state index in [1.54, 1.807) is 12.1 Å². The number of aromatic nitrogens is 2. The highest BCUT2D eigenvalue weighted by molar-refractivity contribution is 6.33. The molecule has 1 saturated heterocycles. The maximum Gasteiger partial charge on any atom is 0.274 e. The van der Waals surface area contributed by atoms with Gasteiger partial charge in [-0.05, 0) is 24.1 Å². The molecule has 3 rings (SSSR count). The monoisotopic (exact) mass is 321 g/mol. The molecule has 1 aromatic heterocycles. The lowest BCUT2D eigenvalue weighted by Gasteiger charge is -2.24. The quantitative estimate of drug-likeness (QED) is 0.921. The number of hydrogen-bond donors (Lipinski definition) is 1. The first-order valence-corrected chi connectivity index (χ1v) is 7.14. The summed E-state index contributed by atoms with van der Waals surface area (Å²) in [6, 6.07) is 5.60. The van der Waals surface area contributed by atoms with Gasteiger partial charge >= 0.3 is 0 Å². The van der Waals surface area contributed by atoms with E-state index in [1.807, 2.05) is 0 Å². The zero-order valence-corrected chi connectivity index (χ0v) is 12.2. The fourth-order valence-electron chi connectivity index (χ4n) is 2.67. The molecule has 1 aliphatic heterocycles. The minimum atomic E-state index is -0.669. The smallest absolute Gasteiger partial charge is 0.274 e. The Morgan fingerprint density at radius 2 is 2.27 bits per heavy atom. The van der Waals surface area contributed by atoms with Gasteiger partial charge in [-0.15, -0.1) is 0 Å². The number of carbonyl (C=O) groups is 1. The van der Waals surface area contributed by atoms with Crippen LogP contribution in [0.15, 0.2) is 36.8 Å². The summed E-state index contributed by atoms with van der Waals surface area (Å²) in [7, 11) is 0. The zero-order valence-electron chi connectivity index (χ0n) is 11.5. The molecule has 0 saturated carbocycles. The fourth-order valence-corrected chi connectivity index (χ4v) is 2.86. The largest absolute Gasteiger partial charge is 0.391 e. The van der Waals surface area contributed by atoms with E-state index in [4.69, 9.17) is 11.6 Å². The second kappa shape index (κ2) is 5.98. The Labute approximate surface area is 131 Å². The first-order chi connectivity index (χ1) is 10.6. The van der Waals surface area contributed by atoms with E-state index in [-0.39, 0.29) is 23.1 Å². The summed E-state index contributed by atoms with van der Waals surface area (Å²) < 4.78 is 13.4. The SMILES string of the molecule is O=C(c1ncncc1Cl)N1CC(O)CC1c1cccc(F)c1. The highest BCUT2D eigenvalue weighted by Crippen LogP contribution is 2.34. The number of benzene rings is 1. The van der Waals surface area contributed by atoms with Gasteiger partial charge in [0, 0.05) is 12.7 Å². The van der Waals surface area contributed by atoms with Gasteiger partial charge in [-0.1, -0.05) is 23.7 Å². The molecule has 1 fully saturated rings. The Morgan fingerprint density at radius 3 is 3.00 bits per heavy atom. The van der Waals surface area contributed by atoms with Crippen molar-refractivity contribution in [2.24, 2.45) is 0 Å². The van der Waals surface area contributed by atoms with Crippen LogP contribution < -0.4 is 0 Å². The van der Waals surface area contributed by atoms with Gasteiger partial charge in [0.1, 0.15) is 17.8 Å². The van der Waals surface area contributed by atoms with Crippen molar-refractivity contribution in [2.75, 3.05) is 6.54 Å². The first-order valence-electron chi connectivity index (χ1n) is 6.76. The molecule has 2 atom stereocenters. The summed E-state index contributed by atoms with van der Waals surface area (Å²) in [5.74, 6) is -0.787. The molecule has 7 heteroatoms. The lowest BCUT2D eigenvalue weighted by Crippen LogP contribution is -2.32. The number of carbonyl (C=O) groups excluding carboxylic acids is 1. The van der Waals surface area contributed by atoms with Crippen molar-refractivity contribution in [3.63, 3.8) is 0 Å². The third-order valence-corrected chi connectivity index (χ3v) is 3.92. The minimum Gasteiger partial charge on any atom is -0.391 e. The second-order valence-electron chi connectivity index (χ2n) is 5.14. The summed E-state index contributed by atoms with van der Waals surface area (Å²) in [5.41, 5.74) is 0.710. The number of nitrogens with zero attached hydrogens (tertiary/aromatic N) is 3. The molecule has 0 radical (unpaired) electrons. The van der Waals surface area contributed by atoms with Crippen LogP contribution in [0.1, 0.15) is 28.5 Å². The number of halogens is 2. The molecule has 0 bridgehead atoms. The van der Waals surface area contributed by atoms with Gasteiger partial charge in [-0.25, -0.2) is 14.4 Å². The molecule has 22 heavy (non-hydrogen) atoms. The predicted molar refractivity (Wildman–Crippen MR) is 77.8 cm³/mol. The number of β-amino-alcohol motifs (C(OH)–C–C–N with tert-alkyl or cyclic N) is 1. The van der Waals surface area contributed by atoms with Crippen LogP contribution in [0, 0.1) is 5.82 Å². The Bertz CT molecular complexity index is 713. The Morgan fingerprint density at radius 1 is 1.45 bits per heavy atom. The molecular formula is C15H13ClFN3O2. The second-order valence-corrected chi connectivity index (χ2v) is 5.54.